The number of nitrogens with zero attached hydrogens (tertiary/aromatic N) is 2. The number of amides is 4. The molecule has 0 unspecified atom stereocenters. The van der Waals surface area contributed by atoms with Crippen LogP contribution >= 0.6 is 0 Å². The molecule has 1 aliphatic heterocycles. The number of benzene rings is 1. The fourth-order valence-electron chi connectivity index (χ4n) is 3.53. The number of hydrogen-bond donors (Lipinski definition) is 0. The largest absolute Gasteiger partial charge is 0.493 e. The molecule has 0 aromatic heterocycles. The molecule has 1 aromatic rings. The lowest BCUT2D eigenvalue weighted by Crippen LogP contribution is -2.58. The minimum absolute atomic E-state index is 0.339. The van der Waals surface area contributed by atoms with E-state index in [1.807, 2.05) is 0 Å². The van der Waals surface area contributed by atoms with E-state index in [2.05, 4.69) is 0 Å². The number of rotatable bonds is 4. The fourth-order valence-corrected chi connectivity index (χ4v) is 3.53. The molecule has 3 rings (SSSR count). The molecule has 134 valence electrons. The smallest absolute Gasteiger partial charge is 0.332 e. The first kappa shape index (κ1) is 17.1. The van der Waals surface area contributed by atoms with Gasteiger partial charge in [-0.25, -0.2) is 4.79 Å². The second-order valence-electron chi connectivity index (χ2n) is 6.20. The summed E-state index contributed by atoms with van der Waals surface area (Å²) in [5.41, 5.74) is -0.505. The molecule has 1 aliphatic carbocycles. The fraction of sp³-hybridized carbons (Fsp3) is 0.471. The molecular weight excluding hydrogens is 328 g/mol. The predicted octanol–water partition coefficient (Wildman–Crippen LogP) is 1.24. The van der Waals surface area contributed by atoms with Crippen molar-refractivity contribution < 1.29 is 28.6 Å². The third-order valence-electron chi connectivity index (χ3n) is 5.00. The van der Waals surface area contributed by atoms with Crippen LogP contribution in [0.3, 0.4) is 0 Å². The van der Waals surface area contributed by atoms with Gasteiger partial charge in [-0.15, -0.1) is 0 Å². The van der Waals surface area contributed by atoms with Crippen molar-refractivity contribution in [3.8, 4) is 17.2 Å². The highest BCUT2D eigenvalue weighted by atomic mass is 16.5. The van der Waals surface area contributed by atoms with E-state index in [1.54, 1.807) is 12.1 Å². The molecule has 2 aliphatic rings. The highest BCUT2D eigenvalue weighted by molar-refractivity contribution is 6.21. The van der Waals surface area contributed by atoms with Crippen LogP contribution in [0.5, 0.6) is 17.2 Å². The maximum atomic E-state index is 12.7. The number of imide groups is 2. The van der Waals surface area contributed by atoms with E-state index in [9.17, 15) is 14.4 Å². The average molecular weight is 348 g/mol. The van der Waals surface area contributed by atoms with Gasteiger partial charge in [-0.3, -0.25) is 19.4 Å². The molecule has 1 saturated carbocycles. The number of ether oxygens (including phenoxy) is 3. The van der Waals surface area contributed by atoms with Crippen LogP contribution < -0.4 is 14.2 Å². The molecule has 1 saturated heterocycles. The molecule has 1 atom stereocenters. The van der Waals surface area contributed by atoms with Gasteiger partial charge in [-0.05, 0) is 24.1 Å². The maximum Gasteiger partial charge on any atom is 0.332 e. The van der Waals surface area contributed by atoms with Gasteiger partial charge in [0.1, 0.15) is 5.41 Å². The summed E-state index contributed by atoms with van der Waals surface area (Å²) < 4.78 is 16.0. The average Bonchev–Trinajstić information content (AvgIpc) is 3.39. The summed E-state index contributed by atoms with van der Waals surface area (Å²) >= 11 is 0. The van der Waals surface area contributed by atoms with Crippen LogP contribution in [-0.2, 0) is 9.59 Å². The Morgan fingerprint density at radius 2 is 1.40 bits per heavy atom. The Morgan fingerprint density at radius 1 is 0.920 bits per heavy atom. The zero-order valence-corrected chi connectivity index (χ0v) is 14.8. The van der Waals surface area contributed by atoms with E-state index in [-0.39, 0.29) is 5.92 Å². The first-order chi connectivity index (χ1) is 11.8. The highest BCUT2D eigenvalue weighted by Crippen LogP contribution is 2.63. The number of methoxy groups -OCH3 is 3. The summed E-state index contributed by atoms with van der Waals surface area (Å²) in [5.74, 6) is 0.0480. The normalized spacial score (nSPS) is 21.6. The SMILES string of the molecule is COc1cc([C@@H]2CC23C(=O)N(C)C(=O)N(C)C3=O)cc(OC)c1OC. The van der Waals surface area contributed by atoms with E-state index in [4.69, 9.17) is 14.2 Å². The van der Waals surface area contributed by atoms with Gasteiger partial charge in [0, 0.05) is 20.0 Å². The molecule has 4 amide bonds. The Hall–Kier alpha value is -2.77. The zero-order chi connectivity index (χ0) is 18.5. The summed E-state index contributed by atoms with van der Waals surface area (Å²) in [7, 11) is 7.28. The van der Waals surface area contributed by atoms with Crippen LogP contribution in [0.4, 0.5) is 4.79 Å². The van der Waals surface area contributed by atoms with E-state index in [0.29, 0.717) is 23.7 Å². The van der Waals surface area contributed by atoms with Crippen molar-refractivity contribution in [3.63, 3.8) is 0 Å². The molecule has 1 spiro atoms. The lowest BCUT2D eigenvalue weighted by Gasteiger charge is -2.33. The summed E-state index contributed by atoms with van der Waals surface area (Å²) in [5, 5.41) is 0. The van der Waals surface area contributed by atoms with Crippen molar-refractivity contribution in [1.82, 2.24) is 9.80 Å². The van der Waals surface area contributed by atoms with Crippen LogP contribution in [0.2, 0.25) is 0 Å². The summed E-state index contributed by atoms with van der Waals surface area (Å²) in [6.07, 6.45) is 0.339. The van der Waals surface area contributed by atoms with E-state index >= 15 is 0 Å². The number of carbonyl (C=O) groups excluding carboxylic acids is 3. The van der Waals surface area contributed by atoms with Gasteiger partial charge < -0.3 is 14.2 Å². The molecule has 8 heteroatoms. The van der Waals surface area contributed by atoms with Crippen molar-refractivity contribution in [2.45, 2.75) is 12.3 Å². The molecule has 0 bridgehead atoms. The lowest BCUT2D eigenvalue weighted by atomic mass is 9.94. The predicted molar refractivity (Wildman–Crippen MR) is 86.8 cm³/mol. The van der Waals surface area contributed by atoms with Crippen molar-refractivity contribution >= 4 is 17.8 Å². The lowest BCUT2D eigenvalue weighted by molar-refractivity contribution is -0.150. The summed E-state index contributed by atoms with van der Waals surface area (Å²) in [6, 6.07) is 2.85. The van der Waals surface area contributed by atoms with Crippen LogP contribution in [0.1, 0.15) is 17.9 Å². The van der Waals surface area contributed by atoms with Crippen molar-refractivity contribution in [2.75, 3.05) is 35.4 Å². The quantitative estimate of drug-likeness (QED) is 0.761. The van der Waals surface area contributed by atoms with Crippen molar-refractivity contribution in [2.24, 2.45) is 5.41 Å². The van der Waals surface area contributed by atoms with E-state index in [0.717, 1.165) is 15.4 Å². The molecule has 25 heavy (non-hydrogen) atoms. The van der Waals surface area contributed by atoms with Gasteiger partial charge in [0.05, 0.1) is 21.3 Å². The summed E-state index contributed by atoms with van der Waals surface area (Å²) in [4.78, 5) is 39.3. The summed E-state index contributed by atoms with van der Waals surface area (Å²) in [6.45, 7) is 0. The van der Waals surface area contributed by atoms with Crippen LogP contribution in [0.15, 0.2) is 12.1 Å². The van der Waals surface area contributed by atoms with Gasteiger partial charge in [0.2, 0.25) is 17.6 Å². The first-order valence-electron chi connectivity index (χ1n) is 7.73. The van der Waals surface area contributed by atoms with E-state index < -0.39 is 23.3 Å². The Labute approximate surface area is 145 Å². The Morgan fingerprint density at radius 3 is 1.80 bits per heavy atom. The maximum absolute atomic E-state index is 12.7. The van der Waals surface area contributed by atoms with Gasteiger partial charge in [0.15, 0.2) is 11.5 Å². The monoisotopic (exact) mass is 348 g/mol. The van der Waals surface area contributed by atoms with Gasteiger partial charge in [-0.1, -0.05) is 0 Å². The highest BCUT2D eigenvalue weighted by Gasteiger charge is 2.71. The molecule has 0 N–H and O–H groups in total. The topological polar surface area (TPSA) is 85.4 Å². The number of barbiturate groups is 1. The van der Waals surface area contributed by atoms with E-state index in [1.165, 1.54) is 35.4 Å². The number of hydrogen-bond acceptors (Lipinski definition) is 6. The second kappa shape index (κ2) is 5.65. The zero-order valence-electron chi connectivity index (χ0n) is 14.8. The van der Waals surface area contributed by atoms with Crippen LogP contribution in [-0.4, -0.2) is 63.1 Å². The third kappa shape index (κ3) is 2.16. The molecule has 2 fully saturated rings. The molecule has 8 nitrogen and oxygen atoms in total. The van der Waals surface area contributed by atoms with Gasteiger partial charge in [0.25, 0.3) is 0 Å². The van der Waals surface area contributed by atoms with Crippen LogP contribution in [0, 0.1) is 5.41 Å². The third-order valence-corrected chi connectivity index (χ3v) is 5.00. The second-order valence-corrected chi connectivity index (χ2v) is 6.20. The Kier molecular flexibility index (Phi) is 3.85. The Bertz CT molecular complexity index is 725. The number of carbonyl (C=O) groups is 3. The van der Waals surface area contributed by atoms with Crippen LogP contribution in [0.25, 0.3) is 0 Å². The molecule has 0 radical (unpaired) electrons. The minimum atomic E-state index is -1.23. The standard InChI is InChI=1S/C17H20N2O6/c1-18-14(20)17(15(21)19(2)16(18)22)8-10(17)9-6-11(23-3)13(25-5)12(7-9)24-4/h6-7,10H,8H2,1-5H3/t10-/m0/s1. The molecular formula is C17H20N2O6. The number of urea groups is 1. The Balaban J connectivity index is 2.04. The first-order valence-corrected chi connectivity index (χ1v) is 7.73. The minimum Gasteiger partial charge on any atom is -0.493 e. The molecule has 1 heterocycles. The van der Waals surface area contributed by atoms with Gasteiger partial charge >= 0.3 is 6.03 Å². The molecule has 1 aromatic carbocycles. The van der Waals surface area contributed by atoms with Gasteiger partial charge in [-0.2, -0.15) is 0 Å². The van der Waals surface area contributed by atoms with Crippen molar-refractivity contribution in [1.29, 1.82) is 0 Å². The van der Waals surface area contributed by atoms with Crippen molar-refractivity contribution in [3.05, 3.63) is 17.7 Å².